The number of anilines is 2. The number of fused-ring (bicyclic) bond motifs is 2. The molecule has 0 spiro atoms. The lowest BCUT2D eigenvalue weighted by Crippen LogP contribution is -2.28. The number of amides is 2. The van der Waals surface area contributed by atoms with Crippen LogP contribution in [0.2, 0.25) is 0 Å². The standard InChI is InChI=1S/C54H62N8O14S4/c1-53(2)44-32-42(79(71,72)73)19-21-46(44)61(28-6-30-77(65,66)67)48(53)23-15-37-8-5-9-38(16-24-49-54(3,4)45-33-43(80(74,75)76)20-22-47(45)62(49)29-7-31-78(68,69)70)52(37)39-13-10-36(11-14-39)12-25-50(63)56-27-26-51(64)59-41-18-17-40(57-34-41)35-58-60-55/h10-11,13-24,32-34H,5-9,12,25-31,35H2,1-4H3,(H5-,56,59,63,64,65,66,67,68,69,70,71,72,73,74,75,76)/p+1. The molecule has 0 radical (unpaired) electrons. The third-order valence-electron chi connectivity index (χ3n) is 14.3. The minimum absolute atomic E-state index is 0.00947. The van der Waals surface area contributed by atoms with Gasteiger partial charge in [0, 0.05) is 77.5 Å². The van der Waals surface area contributed by atoms with Gasteiger partial charge in [-0.15, -0.1) is 0 Å². The van der Waals surface area contributed by atoms with Gasteiger partial charge in [-0.25, -0.2) is 0 Å². The Morgan fingerprint density at radius 3 is 2.08 bits per heavy atom. The lowest BCUT2D eigenvalue weighted by Gasteiger charge is -2.27. The molecule has 426 valence electrons. The first-order chi connectivity index (χ1) is 37.5. The Kier molecular flexibility index (Phi) is 18.6. The van der Waals surface area contributed by atoms with Crippen molar-refractivity contribution >= 4 is 80.6 Å². The highest BCUT2D eigenvalue weighted by Gasteiger charge is 2.45. The van der Waals surface area contributed by atoms with Crippen LogP contribution < -0.4 is 15.5 Å². The van der Waals surface area contributed by atoms with E-state index in [1.165, 1.54) is 30.5 Å². The summed E-state index contributed by atoms with van der Waals surface area (Å²) >= 11 is 0. The molecular formula is C54H63N8O14S4+. The first-order valence-electron chi connectivity index (χ1n) is 25.5. The Labute approximate surface area is 465 Å². The molecule has 4 aromatic rings. The Bertz CT molecular complexity index is 3770. The quantitative estimate of drug-likeness (QED) is 0.0134. The zero-order valence-electron chi connectivity index (χ0n) is 44.4. The van der Waals surface area contributed by atoms with Crippen molar-refractivity contribution in [3.05, 3.63) is 159 Å². The number of nitrogens with zero attached hydrogens (tertiary/aromatic N) is 6. The van der Waals surface area contributed by atoms with E-state index in [1.54, 1.807) is 24.3 Å². The molecular weight excluding hydrogens is 1110 g/mol. The Morgan fingerprint density at radius 1 is 0.775 bits per heavy atom. The van der Waals surface area contributed by atoms with Crippen LogP contribution in [0.3, 0.4) is 0 Å². The number of carbonyl (C=O) groups is 2. The smallest absolute Gasteiger partial charge is 0.294 e. The first kappa shape index (κ1) is 60.8. The Balaban J connectivity index is 1.23. The number of benzene rings is 3. The Hall–Kier alpha value is -6.87. The molecule has 80 heavy (non-hydrogen) atoms. The molecule has 0 saturated carbocycles. The SMILES string of the molecule is CC1(C)C(=CC=C2CCCC(C=CC3=[N+](CCCS(=O)(=O)O)c4ccc(S(=O)(=O)O)cc4C3(C)C)=C2c2ccc(CCC(=O)NCCC(=O)Nc3ccc(CN=[N+]=[N-])nc3)cc2)N(CCCS(=O)(=O)O)c2ccc(S(=O)(=O)O)cc21. The van der Waals surface area contributed by atoms with Crippen molar-refractivity contribution in [2.75, 3.05) is 41.4 Å². The number of hydrogen-bond donors (Lipinski definition) is 6. The van der Waals surface area contributed by atoms with E-state index in [2.05, 4.69) is 25.6 Å². The molecule has 0 unspecified atom stereocenters. The zero-order valence-corrected chi connectivity index (χ0v) is 47.7. The first-order valence-corrected chi connectivity index (χ1v) is 31.6. The summed E-state index contributed by atoms with van der Waals surface area (Å²) in [5.41, 5.74) is 15.7. The number of rotatable bonds is 23. The van der Waals surface area contributed by atoms with Gasteiger partial charge >= 0.3 is 0 Å². The summed E-state index contributed by atoms with van der Waals surface area (Å²) in [5, 5.41) is 8.96. The second-order valence-electron chi connectivity index (χ2n) is 20.6. The predicted octanol–water partition coefficient (Wildman–Crippen LogP) is 8.20. The molecule has 7 rings (SSSR count). The van der Waals surface area contributed by atoms with Crippen LogP contribution in [-0.2, 0) is 73.9 Å². The van der Waals surface area contributed by atoms with Gasteiger partial charge in [-0.2, -0.15) is 38.2 Å². The summed E-state index contributed by atoms with van der Waals surface area (Å²) in [5.74, 6) is -1.66. The van der Waals surface area contributed by atoms with Gasteiger partial charge in [0.05, 0.1) is 45.1 Å². The summed E-state index contributed by atoms with van der Waals surface area (Å²) in [4.78, 5) is 33.6. The summed E-state index contributed by atoms with van der Waals surface area (Å²) in [6.45, 7) is 7.94. The van der Waals surface area contributed by atoms with Crippen LogP contribution >= 0.6 is 0 Å². The van der Waals surface area contributed by atoms with Gasteiger partial charge in [0.15, 0.2) is 5.71 Å². The van der Waals surface area contributed by atoms with Gasteiger partial charge in [0.25, 0.3) is 40.5 Å². The maximum Gasteiger partial charge on any atom is 0.294 e. The predicted molar refractivity (Wildman–Crippen MR) is 302 cm³/mol. The van der Waals surface area contributed by atoms with Crippen molar-refractivity contribution < 1.29 is 66.0 Å². The van der Waals surface area contributed by atoms with Crippen molar-refractivity contribution in [3.8, 4) is 0 Å². The molecule has 0 atom stereocenters. The number of azide groups is 1. The second-order valence-corrected chi connectivity index (χ2v) is 26.6. The van der Waals surface area contributed by atoms with Crippen molar-refractivity contribution in [2.24, 2.45) is 5.11 Å². The van der Waals surface area contributed by atoms with E-state index in [4.69, 9.17) is 5.53 Å². The molecule has 3 aromatic carbocycles. The van der Waals surface area contributed by atoms with Crippen LogP contribution in [0.15, 0.2) is 135 Å². The van der Waals surface area contributed by atoms with Gasteiger partial charge in [0.2, 0.25) is 17.5 Å². The van der Waals surface area contributed by atoms with Crippen LogP contribution in [0.5, 0.6) is 0 Å². The molecule has 2 amide bonds. The molecule has 6 N–H and O–H groups in total. The fourth-order valence-corrected chi connectivity index (χ4v) is 12.3. The van der Waals surface area contributed by atoms with Crippen LogP contribution in [0.4, 0.5) is 17.1 Å². The van der Waals surface area contributed by atoms with E-state index in [-0.39, 0.29) is 73.5 Å². The molecule has 3 aliphatic rings. The maximum atomic E-state index is 13.0. The van der Waals surface area contributed by atoms with E-state index in [0.717, 1.165) is 27.8 Å². The van der Waals surface area contributed by atoms with E-state index in [0.29, 0.717) is 71.0 Å². The summed E-state index contributed by atoms with van der Waals surface area (Å²) < 4.78 is 138. The van der Waals surface area contributed by atoms with Gasteiger partial charge in [-0.1, -0.05) is 55.4 Å². The number of aryl methyl sites for hydroxylation is 1. The largest absolute Gasteiger partial charge is 0.356 e. The molecule has 1 aliphatic carbocycles. The zero-order chi connectivity index (χ0) is 58.4. The maximum absolute atomic E-state index is 13.0. The average molecular weight is 1180 g/mol. The van der Waals surface area contributed by atoms with Crippen LogP contribution in [0.1, 0.15) is 101 Å². The molecule has 0 saturated heterocycles. The number of pyridine rings is 1. The molecule has 0 bridgehead atoms. The number of carbonyl (C=O) groups excluding carboxylic acids is 2. The fourth-order valence-electron chi connectivity index (χ4n) is 10.3. The van der Waals surface area contributed by atoms with Gasteiger partial charge in [-0.05, 0) is 133 Å². The topological polar surface area (TPSA) is 344 Å². The van der Waals surface area contributed by atoms with Crippen molar-refractivity contribution in [1.29, 1.82) is 0 Å². The number of nitrogens with one attached hydrogen (secondary N) is 2. The van der Waals surface area contributed by atoms with Gasteiger partial charge < -0.3 is 15.5 Å². The van der Waals surface area contributed by atoms with E-state index >= 15 is 0 Å². The molecule has 0 fully saturated rings. The normalized spacial score (nSPS) is 17.2. The fraction of sp³-hybridized carbons (Fsp3) is 0.370. The third kappa shape index (κ3) is 15.1. The van der Waals surface area contributed by atoms with Crippen LogP contribution in [0, 0.1) is 0 Å². The van der Waals surface area contributed by atoms with E-state index in [1.807, 2.05) is 85.7 Å². The number of hydrogen-bond acceptors (Lipinski definition) is 13. The van der Waals surface area contributed by atoms with E-state index < -0.39 is 62.8 Å². The highest BCUT2D eigenvalue weighted by molar-refractivity contribution is 7.86. The average Bonchev–Trinajstić information content (AvgIpc) is 3.99. The van der Waals surface area contributed by atoms with Gasteiger partial charge in [-0.3, -0.25) is 32.8 Å². The molecule has 2 aliphatic heterocycles. The number of aromatic nitrogens is 1. The van der Waals surface area contributed by atoms with Crippen molar-refractivity contribution in [2.45, 2.75) is 106 Å². The van der Waals surface area contributed by atoms with Crippen LogP contribution in [0.25, 0.3) is 16.0 Å². The number of allylic oxidation sites excluding steroid dienone is 8. The Morgan fingerprint density at radius 2 is 1.44 bits per heavy atom. The highest BCUT2D eigenvalue weighted by atomic mass is 32.2. The lowest BCUT2D eigenvalue weighted by atomic mass is 9.79. The molecule has 26 heteroatoms. The monoisotopic (exact) mass is 1180 g/mol. The highest BCUT2D eigenvalue weighted by Crippen LogP contribution is 2.49. The summed E-state index contributed by atoms with van der Waals surface area (Å²) in [6, 6.07) is 19.4. The van der Waals surface area contributed by atoms with Crippen molar-refractivity contribution in [1.82, 2.24) is 10.3 Å². The van der Waals surface area contributed by atoms with Crippen LogP contribution in [-0.4, -0.2) is 110 Å². The molecule has 22 nitrogen and oxygen atoms in total. The van der Waals surface area contributed by atoms with E-state index in [9.17, 15) is 61.5 Å². The summed E-state index contributed by atoms with van der Waals surface area (Å²) in [6.07, 6.45) is 11.6. The molecule has 3 heterocycles. The van der Waals surface area contributed by atoms with Gasteiger partial charge in [0.1, 0.15) is 6.54 Å². The minimum Gasteiger partial charge on any atom is -0.356 e. The third-order valence-corrected chi connectivity index (χ3v) is 17.6. The second kappa shape index (κ2) is 24.5. The van der Waals surface area contributed by atoms with Crippen molar-refractivity contribution in [3.63, 3.8) is 0 Å². The minimum atomic E-state index is -4.60. The molecule has 1 aromatic heterocycles. The lowest BCUT2D eigenvalue weighted by molar-refractivity contribution is -0.437. The summed E-state index contributed by atoms with van der Waals surface area (Å²) in [7, 11) is -17.8.